The molecule has 0 saturated carbocycles. The van der Waals surface area contributed by atoms with Crippen LogP contribution < -0.4 is 21.4 Å². The number of amidine groups is 1. The topological polar surface area (TPSA) is 140 Å². The Kier molecular flexibility index (Phi) is 10.9. The number of thiazole rings is 1. The molecule has 0 radical (unpaired) electrons. The molecule has 262 valence electrons. The zero-order valence-corrected chi connectivity index (χ0v) is 31.1. The molecule has 0 aliphatic carbocycles. The molecule has 4 N–H and O–H groups in total. The van der Waals surface area contributed by atoms with Gasteiger partial charge in [-0.1, -0.05) is 49.7 Å². The van der Waals surface area contributed by atoms with Crippen LogP contribution >= 0.6 is 34.7 Å². The first-order valence-corrected chi connectivity index (χ1v) is 18.8. The van der Waals surface area contributed by atoms with Gasteiger partial charge in [0.2, 0.25) is 11.8 Å². The molecule has 6 rings (SSSR count). The Morgan fingerprint density at radius 1 is 0.980 bits per heavy atom. The summed E-state index contributed by atoms with van der Waals surface area (Å²) in [4.78, 5) is 51.9. The van der Waals surface area contributed by atoms with E-state index in [2.05, 4.69) is 50.2 Å². The number of allylic oxidation sites excluding steroid dienone is 1. The molecule has 2 aromatic carbocycles. The summed E-state index contributed by atoms with van der Waals surface area (Å²) in [5, 5.41) is 15.9. The van der Waals surface area contributed by atoms with Gasteiger partial charge in [0.15, 0.2) is 5.13 Å². The van der Waals surface area contributed by atoms with Crippen LogP contribution in [0.3, 0.4) is 0 Å². The summed E-state index contributed by atoms with van der Waals surface area (Å²) in [6.45, 7) is 10.7. The van der Waals surface area contributed by atoms with E-state index in [0.29, 0.717) is 46.0 Å². The number of benzene rings is 2. The van der Waals surface area contributed by atoms with Crippen LogP contribution in [0.25, 0.3) is 0 Å². The van der Waals surface area contributed by atoms with Gasteiger partial charge in [-0.15, -0.1) is 23.1 Å². The van der Waals surface area contributed by atoms with Crippen LogP contribution in [0.1, 0.15) is 72.9 Å². The number of hydrazone groups is 1. The average Bonchev–Trinajstić information content (AvgIpc) is 3.69. The molecule has 3 aliphatic rings. The fourth-order valence-electron chi connectivity index (χ4n) is 6.17. The monoisotopic (exact) mass is 732 g/mol. The molecule has 4 heterocycles. The largest absolute Gasteiger partial charge is 0.356 e. The number of halogens is 1. The van der Waals surface area contributed by atoms with E-state index < -0.39 is 6.04 Å². The van der Waals surface area contributed by atoms with Crippen molar-refractivity contribution < 1.29 is 14.4 Å². The van der Waals surface area contributed by atoms with E-state index in [0.717, 1.165) is 32.7 Å². The number of nitrogens with one attached hydrogen (secondary N) is 4. The van der Waals surface area contributed by atoms with E-state index in [9.17, 15) is 14.4 Å². The minimum atomic E-state index is -0.401. The third kappa shape index (κ3) is 7.74. The number of hydrogen-bond acceptors (Lipinski definition) is 10. The average molecular weight is 733 g/mol. The summed E-state index contributed by atoms with van der Waals surface area (Å²) in [5.74, 6) is 0.444. The SMILES string of the molecule is CC1=NNC2[C@H](CC(=O)NCCCCC(=O)Nc3ccccc3C(=O)Nc3nc(C)c(C)s3)N=C(c3ccc(Cl)cc3)C3=C(SC(C)C3C)N12. The van der Waals surface area contributed by atoms with Gasteiger partial charge in [0.05, 0.1) is 40.1 Å². The highest BCUT2D eigenvalue weighted by Crippen LogP contribution is 2.48. The first kappa shape index (κ1) is 35.6. The summed E-state index contributed by atoms with van der Waals surface area (Å²) < 4.78 is 0. The van der Waals surface area contributed by atoms with Crippen molar-refractivity contribution in [1.29, 1.82) is 0 Å². The van der Waals surface area contributed by atoms with Gasteiger partial charge in [0.25, 0.3) is 5.91 Å². The lowest BCUT2D eigenvalue weighted by atomic mass is 9.91. The van der Waals surface area contributed by atoms with Crippen molar-refractivity contribution in [3.8, 4) is 0 Å². The molecule has 3 aliphatic heterocycles. The van der Waals surface area contributed by atoms with Gasteiger partial charge in [-0.25, -0.2) is 4.98 Å². The van der Waals surface area contributed by atoms with Crippen LogP contribution in [-0.4, -0.2) is 63.2 Å². The van der Waals surface area contributed by atoms with E-state index in [4.69, 9.17) is 16.6 Å². The van der Waals surface area contributed by atoms with Crippen LogP contribution in [0, 0.1) is 19.8 Å². The maximum absolute atomic E-state index is 13.3. The molecule has 3 aromatic rings. The second kappa shape index (κ2) is 15.4. The maximum Gasteiger partial charge on any atom is 0.259 e. The normalized spacial score (nSPS) is 21.0. The van der Waals surface area contributed by atoms with Gasteiger partial charge in [-0.2, -0.15) is 5.10 Å². The standard InChI is InChI=1S/C36H41ClN8O3S2/c1-19-21(3)49-35-31(19)32(24-13-15-25(37)16-14-24)41-28(33-44-43-23(5)45(33)35)18-30(47)38-17-9-8-12-29(46)40-27-11-7-6-10-26(27)34(48)42-36-39-20(2)22(4)50-36/h6-7,10-11,13-16,19,21,28,33,44H,8-9,12,17-18H2,1-5H3,(H,38,47)(H,40,46)(H,39,42,48)/t19?,21?,28-,33?/m0/s1. The van der Waals surface area contributed by atoms with Crippen molar-refractivity contribution >= 4 is 74.8 Å². The van der Waals surface area contributed by atoms with E-state index in [1.165, 1.54) is 16.9 Å². The Morgan fingerprint density at radius 2 is 1.74 bits per heavy atom. The Morgan fingerprint density at radius 3 is 2.48 bits per heavy atom. The van der Waals surface area contributed by atoms with Crippen molar-refractivity contribution in [2.75, 3.05) is 17.2 Å². The van der Waals surface area contributed by atoms with Gasteiger partial charge in [-0.3, -0.25) is 35.0 Å². The number of unbranched alkanes of at least 4 members (excludes halogenated alkanes) is 1. The number of nitrogens with zero attached hydrogens (tertiary/aromatic N) is 4. The molecule has 0 bridgehead atoms. The Labute approximate surface area is 305 Å². The minimum absolute atomic E-state index is 0.119. The molecule has 3 unspecified atom stereocenters. The van der Waals surface area contributed by atoms with Crippen LogP contribution in [0.4, 0.5) is 10.8 Å². The van der Waals surface area contributed by atoms with E-state index in [1.54, 1.807) is 24.3 Å². The fourth-order valence-corrected chi connectivity index (χ4v) is 8.57. The smallest absolute Gasteiger partial charge is 0.259 e. The van der Waals surface area contributed by atoms with Crippen LogP contribution in [0.5, 0.6) is 0 Å². The first-order valence-electron chi connectivity index (χ1n) is 16.7. The second-order valence-corrected chi connectivity index (χ2v) is 15.7. The van der Waals surface area contributed by atoms with Crippen molar-refractivity contribution in [3.05, 3.63) is 85.9 Å². The van der Waals surface area contributed by atoms with Gasteiger partial charge in [-0.05, 0) is 63.8 Å². The predicted molar refractivity (Wildman–Crippen MR) is 203 cm³/mol. The number of aromatic nitrogens is 1. The summed E-state index contributed by atoms with van der Waals surface area (Å²) in [5.41, 5.74) is 7.94. The lowest BCUT2D eigenvalue weighted by molar-refractivity contribution is -0.121. The third-order valence-electron chi connectivity index (χ3n) is 9.17. The zero-order chi connectivity index (χ0) is 35.5. The molecule has 11 nitrogen and oxygen atoms in total. The molecular weight excluding hydrogens is 692 g/mol. The summed E-state index contributed by atoms with van der Waals surface area (Å²) in [6.07, 6.45) is 1.31. The molecular formula is C36H41ClN8O3S2. The van der Waals surface area contributed by atoms with Crippen LogP contribution in [-0.2, 0) is 9.59 Å². The number of aliphatic imine (C=N–C) groups is 1. The molecule has 50 heavy (non-hydrogen) atoms. The molecule has 3 amide bonds. The molecule has 0 saturated heterocycles. The second-order valence-electron chi connectivity index (χ2n) is 12.7. The Hall–Kier alpha value is -4.20. The van der Waals surface area contributed by atoms with Gasteiger partial charge < -0.3 is 10.6 Å². The number of carbonyl (C=O) groups excluding carboxylic acids is 3. The number of fused-ring (bicyclic) bond motifs is 2. The maximum atomic E-state index is 13.3. The number of carbonyl (C=O) groups is 3. The number of thioether (sulfide) groups is 1. The molecule has 0 spiro atoms. The third-order valence-corrected chi connectivity index (χ3v) is 11.8. The van der Waals surface area contributed by atoms with Crippen LogP contribution in [0.2, 0.25) is 5.02 Å². The van der Waals surface area contributed by atoms with Crippen molar-refractivity contribution in [2.45, 2.75) is 77.8 Å². The van der Waals surface area contributed by atoms with Gasteiger partial charge in [0, 0.05) is 39.3 Å². The zero-order valence-electron chi connectivity index (χ0n) is 28.7. The fraction of sp³-hybridized carbons (Fsp3) is 0.389. The molecule has 4 atom stereocenters. The van der Waals surface area contributed by atoms with Gasteiger partial charge >= 0.3 is 0 Å². The first-order chi connectivity index (χ1) is 24.0. The number of amides is 3. The number of rotatable bonds is 11. The Bertz CT molecular complexity index is 1870. The molecule has 0 fully saturated rings. The van der Waals surface area contributed by atoms with E-state index >= 15 is 0 Å². The lowest BCUT2D eigenvalue weighted by Crippen LogP contribution is -2.47. The quantitative estimate of drug-likeness (QED) is 0.161. The van der Waals surface area contributed by atoms with Crippen molar-refractivity contribution in [1.82, 2.24) is 20.6 Å². The number of anilines is 2. The van der Waals surface area contributed by atoms with Crippen molar-refractivity contribution in [3.63, 3.8) is 0 Å². The number of para-hydroxylation sites is 1. The molecule has 1 aromatic heterocycles. The number of aryl methyl sites for hydroxylation is 2. The number of hydrogen-bond donors (Lipinski definition) is 4. The van der Waals surface area contributed by atoms with Gasteiger partial charge in [0.1, 0.15) is 12.0 Å². The minimum Gasteiger partial charge on any atom is -0.356 e. The highest BCUT2D eigenvalue weighted by molar-refractivity contribution is 8.03. The van der Waals surface area contributed by atoms with E-state index in [-0.39, 0.29) is 42.6 Å². The van der Waals surface area contributed by atoms with E-state index in [1.807, 2.05) is 56.8 Å². The Balaban J connectivity index is 1.04. The lowest BCUT2D eigenvalue weighted by Gasteiger charge is -2.29. The highest BCUT2D eigenvalue weighted by atomic mass is 35.5. The summed E-state index contributed by atoms with van der Waals surface area (Å²) in [6, 6.07) is 14.2. The predicted octanol–water partition coefficient (Wildman–Crippen LogP) is 6.70. The highest BCUT2D eigenvalue weighted by Gasteiger charge is 2.45. The summed E-state index contributed by atoms with van der Waals surface area (Å²) >= 11 is 9.46. The van der Waals surface area contributed by atoms with Crippen LogP contribution in [0.15, 0.2) is 69.2 Å². The van der Waals surface area contributed by atoms with Crippen molar-refractivity contribution in [2.24, 2.45) is 16.0 Å². The summed E-state index contributed by atoms with van der Waals surface area (Å²) in [7, 11) is 0. The molecule has 14 heteroatoms.